The highest BCUT2D eigenvalue weighted by molar-refractivity contribution is 7.80. The van der Waals surface area contributed by atoms with Crippen molar-refractivity contribution in [1.29, 1.82) is 0 Å². The van der Waals surface area contributed by atoms with Crippen LogP contribution in [0.25, 0.3) is 11.2 Å². The van der Waals surface area contributed by atoms with Gasteiger partial charge in [-0.2, -0.15) is 4.31 Å². The van der Waals surface area contributed by atoms with Crippen LogP contribution in [-0.4, -0.2) is 105 Å². The first-order valence-electron chi connectivity index (χ1n) is 10.1. The molecule has 3 unspecified atom stereocenters. The van der Waals surface area contributed by atoms with E-state index in [4.69, 9.17) is 15.2 Å². The molecule has 0 aromatic carbocycles. The molecular formula is C15H23N5O13P2S. The molecule has 0 amide bonds. The topological polar surface area (TPSA) is 271 Å². The highest BCUT2D eigenvalue weighted by Gasteiger charge is 2.47. The maximum absolute atomic E-state index is 12.2. The molecule has 0 radical (unpaired) electrons. The van der Waals surface area contributed by atoms with E-state index in [1.807, 2.05) is 0 Å². The molecule has 18 nitrogen and oxygen atoms in total. The lowest BCUT2D eigenvalue weighted by Crippen LogP contribution is -2.33. The van der Waals surface area contributed by atoms with Gasteiger partial charge in [0.25, 0.3) is 0 Å². The van der Waals surface area contributed by atoms with Crippen molar-refractivity contribution in [3.8, 4) is 0 Å². The molecule has 0 saturated carbocycles. The Morgan fingerprint density at radius 2 is 1.53 bits per heavy atom. The summed E-state index contributed by atoms with van der Waals surface area (Å²) in [5.74, 6) is 0.0660. The van der Waals surface area contributed by atoms with Crippen molar-refractivity contribution >= 4 is 45.3 Å². The fourth-order valence-electron chi connectivity index (χ4n) is 3.53. The van der Waals surface area contributed by atoms with Gasteiger partial charge in [0.15, 0.2) is 17.7 Å². The molecule has 202 valence electrons. The Hall–Kier alpha value is -1.28. The zero-order valence-corrected chi connectivity index (χ0v) is 20.6. The Morgan fingerprint density at radius 1 is 0.944 bits per heavy atom. The average Bonchev–Trinajstić information content (AvgIpc) is 3.42. The Morgan fingerprint density at radius 3 is 2.11 bits per heavy atom. The van der Waals surface area contributed by atoms with E-state index in [1.165, 1.54) is 10.9 Å². The smallest absolute Gasteiger partial charge is 0.387 e. The molecule has 0 bridgehead atoms. The van der Waals surface area contributed by atoms with Gasteiger partial charge in [-0.25, -0.2) is 24.1 Å². The molecular weight excluding hydrogens is 552 g/mol. The quantitative estimate of drug-likeness (QED) is 0.115. The molecule has 2 aliphatic heterocycles. The lowest BCUT2D eigenvalue weighted by molar-refractivity contribution is -0.0506. The molecule has 36 heavy (non-hydrogen) atoms. The molecule has 2 aliphatic rings. The van der Waals surface area contributed by atoms with Crippen LogP contribution in [0.4, 0.5) is 5.82 Å². The molecule has 2 saturated heterocycles. The van der Waals surface area contributed by atoms with Gasteiger partial charge in [-0.3, -0.25) is 13.6 Å². The zero-order valence-electron chi connectivity index (χ0n) is 17.9. The number of imidazole rings is 1. The Kier molecular flexibility index (Phi) is 8.07. The maximum Gasteiger partial charge on any atom is 0.481 e. The van der Waals surface area contributed by atoms with E-state index in [2.05, 4.69) is 40.9 Å². The molecule has 0 spiro atoms. The monoisotopic (exact) mass is 575 g/mol. The number of aliphatic hydroxyl groups excluding tert-OH is 4. The molecule has 0 aliphatic carbocycles. The predicted octanol–water partition coefficient (Wildman–Crippen LogP) is -2.35. The third-order valence-corrected chi connectivity index (χ3v) is 8.37. The minimum atomic E-state index is -5.27. The highest BCUT2D eigenvalue weighted by Crippen LogP contribution is 2.60. The van der Waals surface area contributed by atoms with E-state index in [1.54, 1.807) is 0 Å². The number of anilines is 1. The Balaban J connectivity index is 1.34. The average molecular weight is 575 g/mol. The van der Waals surface area contributed by atoms with E-state index < -0.39 is 77.1 Å². The summed E-state index contributed by atoms with van der Waals surface area (Å²) >= 11 is 3.85. The number of phosphoric ester groups is 2. The van der Waals surface area contributed by atoms with Gasteiger partial charge in [-0.05, 0) is 0 Å². The molecule has 21 heteroatoms. The third kappa shape index (κ3) is 5.74. The van der Waals surface area contributed by atoms with E-state index >= 15 is 0 Å². The van der Waals surface area contributed by atoms with Crippen LogP contribution in [0.15, 0.2) is 12.7 Å². The largest absolute Gasteiger partial charge is 0.481 e. The van der Waals surface area contributed by atoms with Crippen molar-refractivity contribution in [3.05, 3.63) is 12.7 Å². The molecule has 4 rings (SSSR count). The normalized spacial score (nSPS) is 36.2. The van der Waals surface area contributed by atoms with Crippen molar-refractivity contribution in [2.45, 2.75) is 48.3 Å². The summed E-state index contributed by atoms with van der Waals surface area (Å²) in [7, 11) is -10.5. The summed E-state index contributed by atoms with van der Waals surface area (Å²) in [6, 6.07) is 0. The van der Waals surface area contributed by atoms with E-state index in [0.717, 1.165) is 6.33 Å². The maximum atomic E-state index is 12.2. The summed E-state index contributed by atoms with van der Waals surface area (Å²) < 4.78 is 49.4. The first-order chi connectivity index (χ1) is 16.8. The first-order valence-corrected chi connectivity index (χ1v) is 13.6. The van der Waals surface area contributed by atoms with Gasteiger partial charge < -0.3 is 45.4 Å². The first kappa shape index (κ1) is 27.7. The lowest BCUT2D eigenvalue weighted by Gasteiger charge is -2.20. The van der Waals surface area contributed by atoms with Crippen LogP contribution in [0.2, 0.25) is 0 Å². The number of aromatic nitrogens is 4. The second-order valence-corrected chi connectivity index (χ2v) is 11.3. The number of phosphoric acid groups is 2. The minimum absolute atomic E-state index is 0.0660. The van der Waals surface area contributed by atoms with Gasteiger partial charge in [-0.1, -0.05) is 0 Å². The third-order valence-electron chi connectivity index (χ3n) is 5.35. The van der Waals surface area contributed by atoms with Crippen LogP contribution in [-0.2, 0) is 32.0 Å². The summed E-state index contributed by atoms with van der Waals surface area (Å²) in [6.45, 7) is -1.65. The number of nitrogens with two attached hydrogens (primary N) is 1. The van der Waals surface area contributed by atoms with Gasteiger partial charge in [0.05, 0.1) is 19.5 Å². The summed E-state index contributed by atoms with van der Waals surface area (Å²) in [4.78, 5) is 31.4. The predicted molar refractivity (Wildman–Crippen MR) is 118 cm³/mol. The van der Waals surface area contributed by atoms with Crippen LogP contribution in [0.1, 0.15) is 6.23 Å². The summed E-state index contributed by atoms with van der Waals surface area (Å²) in [5, 5.41) is 40.0. The lowest BCUT2D eigenvalue weighted by atomic mass is 10.1. The van der Waals surface area contributed by atoms with Crippen molar-refractivity contribution in [3.63, 3.8) is 0 Å². The van der Waals surface area contributed by atoms with E-state index in [9.17, 15) is 39.3 Å². The molecule has 10 atom stereocenters. The summed E-state index contributed by atoms with van der Waals surface area (Å²) in [6.07, 6.45) is -7.58. The number of hydrogen-bond acceptors (Lipinski definition) is 16. The Bertz CT molecular complexity index is 1190. The van der Waals surface area contributed by atoms with Crippen molar-refractivity contribution in [2.24, 2.45) is 0 Å². The van der Waals surface area contributed by atoms with Crippen LogP contribution in [0.5, 0.6) is 0 Å². The van der Waals surface area contributed by atoms with Gasteiger partial charge in [0.2, 0.25) is 0 Å². The van der Waals surface area contributed by atoms with Crippen LogP contribution < -0.4 is 5.73 Å². The summed E-state index contributed by atoms with van der Waals surface area (Å²) in [5.41, 5.74) is 5.03. The Labute approximate surface area is 207 Å². The fraction of sp³-hybridized carbons (Fsp3) is 0.667. The van der Waals surface area contributed by atoms with Gasteiger partial charge in [0, 0.05) is 0 Å². The number of nitrogens with zero attached hydrogens (tertiary/aromatic N) is 4. The number of rotatable bonds is 9. The van der Waals surface area contributed by atoms with Gasteiger partial charge in [0.1, 0.15) is 53.9 Å². The molecule has 2 aromatic heterocycles. The zero-order chi connectivity index (χ0) is 26.4. The second-order valence-electron chi connectivity index (χ2n) is 7.79. The van der Waals surface area contributed by atoms with E-state index in [-0.39, 0.29) is 17.0 Å². The SMILES string of the molecule is Nc1ncnc2c1ncn2[C@@H]1O[C@H](COP(=O)(O)OP(=O)(O)OCC2O[C@H](S)[C@H](O)[C@@H]2O)[C@@H](O)[C@H]1O. The number of thiol groups is 1. The van der Waals surface area contributed by atoms with Gasteiger partial charge >= 0.3 is 15.6 Å². The molecule has 4 heterocycles. The van der Waals surface area contributed by atoms with Crippen molar-refractivity contribution < 1.29 is 62.2 Å². The van der Waals surface area contributed by atoms with Crippen molar-refractivity contribution in [1.82, 2.24) is 19.5 Å². The molecule has 2 aromatic rings. The number of nitrogen functional groups attached to an aromatic ring is 1. The molecule has 8 N–H and O–H groups in total. The number of ether oxygens (including phenoxy) is 2. The van der Waals surface area contributed by atoms with Crippen molar-refractivity contribution in [2.75, 3.05) is 18.9 Å². The second kappa shape index (κ2) is 10.5. The highest BCUT2D eigenvalue weighted by atomic mass is 32.1. The number of aliphatic hydroxyl groups is 4. The number of hydrogen-bond donors (Lipinski definition) is 8. The van der Waals surface area contributed by atoms with Gasteiger partial charge in [-0.15, -0.1) is 12.6 Å². The standard InChI is InChI=1S/C15H23N5O13P2S/c16-12-7-13(18-3-17-12)20(4-19-7)14-10(23)8(21)5(31-14)1-29-34(25,26)33-35(27,28)30-2-6-9(22)11(24)15(36)32-6/h3-6,8-11,14-15,21-24,36H,1-2H2,(H,25,26)(H,27,28)(H2,16,17,18)/t5-,6?,8-,9-,10-,11-,14-,15-/m1/s1. The van der Waals surface area contributed by atoms with Crippen LogP contribution in [0.3, 0.4) is 0 Å². The fourth-order valence-corrected chi connectivity index (χ4v) is 5.96. The van der Waals surface area contributed by atoms with Crippen LogP contribution >= 0.6 is 28.3 Å². The van der Waals surface area contributed by atoms with Crippen LogP contribution in [0, 0.1) is 0 Å². The molecule has 2 fully saturated rings. The minimum Gasteiger partial charge on any atom is -0.387 e. The van der Waals surface area contributed by atoms with E-state index in [0.29, 0.717) is 0 Å². The number of fused-ring (bicyclic) bond motifs is 1.